The highest BCUT2D eigenvalue weighted by molar-refractivity contribution is 5.93. The molecule has 0 aromatic heterocycles. The number of ether oxygens (including phenoxy) is 6. The van der Waals surface area contributed by atoms with E-state index in [-0.39, 0.29) is 24.3 Å². The Labute approximate surface area is 161 Å². The fourth-order valence-electron chi connectivity index (χ4n) is 2.63. The van der Waals surface area contributed by atoms with Crippen LogP contribution in [0, 0.1) is 0 Å². The van der Waals surface area contributed by atoms with Gasteiger partial charge < -0.3 is 28.4 Å². The van der Waals surface area contributed by atoms with Gasteiger partial charge in [-0.05, 0) is 24.3 Å². The first-order valence-electron chi connectivity index (χ1n) is 8.55. The van der Waals surface area contributed by atoms with Gasteiger partial charge in [-0.25, -0.2) is 9.59 Å². The second-order valence-electron chi connectivity index (χ2n) is 5.69. The summed E-state index contributed by atoms with van der Waals surface area (Å²) in [6.07, 6.45) is -2.44. The van der Waals surface area contributed by atoms with E-state index in [1.165, 1.54) is 14.2 Å². The van der Waals surface area contributed by atoms with Crippen LogP contribution < -0.4 is 9.47 Å². The molecule has 8 nitrogen and oxygen atoms in total. The van der Waals surface area contributed by atoms with Crippen LogP contribution >= 0.6 is 0 Å². The molecule has 0 saturated carbocycles. The number of para-hydroxylation sites is 2. The van der Waals surface area contributed by atoms with Gasteiger partial charge in [-0.3, -0.25) is 0 Å². The number of hydrogen-bond acceptors (Lipinski definition) is 8. The van der Waals surface area contributed by atoms with Gasteiger partial charge in [0.25, 0.3) is 12.6 Å². The van der Waals surface area contributed by atoms with Gasteiger partial charge in [0.15, 0.2) is 0 Å². The normalized spacial score (nSPS) is 18.8. The fraction of sp³-hybridized carbons (Fsp3) is 0.300. The highest BCUT2D eigenvalue weighted by atomic mass is 16.8. The summed E-state index contributed by atoms with van der Waals surface area (Å²) < 4.78 is 31.9. The summed E-state index contributed by atoms with van der Waals surface area (Å²) in [6.45, 7) is 0.374. The molecule has 28 heavy (non-hydrogen) atoms. The average molecular weight is 388 g/mol. The number of esters is 2. The van der Waals surface area contributed by atoms with Crippen molar-refractivity contribution in [3.05, 3.63) is 59.7 Å². The number of carbonyl (C=O) groups is 2. The predicted molar refractivity (Wildman–Crippen MR) is 96.3 cm³/mol. The van der Waals surface area contributed by atoms with Crippen LogP contribution in [0.15, 0.2) is 48.5 Å². The Morgan fingerprint density at radius 2 is 1.14 bits per heavy atom. The molecule has 2 aromatic rings. The molecule has 0 bridgehead atoms. The van der Waals surface area contributed by atoms with Crippen LogP contribution in [0.1, 0.15) is 20.7 Å². The molecule has 8 heteroatoms. The summed E-state index contributed by atoms with van der Waals surface area (Å²) in [5, 5.41) is 0. The third kappa shape index (κ3) is 4.41. The zero-order chi connectivity index (χ0) is 19.9. The smallest absolute Gasteiger partial charge is 0.344 e. The molecule has 0 aliphatic carbocycles. The number of carbonyl (C=O) groups excluding carboxylic acids is 2. The molecular formula is C20H20O8. The van der Waals surface area contributed by atoms with Gasteiger partial charge in [0, 0.05) is 0 Å². The first-order chi connectivity index (χ1) is 13.6. The average Bonchev–Trinajstić information content (AvgIpc) is 2.74. The van der Waals surface area contributed by atoms with Gasteiger partial charge in [0.1, 0.15) is 22.6 Å². The Morgan fingerprint density at radius 3 is 1.54 bits per heavy atom. The summed E-state index contributed by atoms with van der Waals surface area (Å²) >= 11 is 0. The molecule has 1 heterocycles. The van der Waals surface area contributed by atoms with Crippen molar-refractivity contribution in [2.24, 2.45) is 0 Å². The quantitative estimate of drug-likeness (QED) is 0.697. The van der Waals surface area contributed by atoms with Crippen molar-refractivity contribution < 1.29 is 38.0 Å². The van der Waals surface area contributed by atoms with Crippen LogP contribution in [0.5, 0.6) is 11.5 Å². The van der Waals surface area contributed by atoms with Crippen molar-refractivity contribution in [1.82, 2.24) is 0 Å². The lowest BCUT2D eigenvalue weighted by Gasteiger charge is -2.30. The molecule has 2 atom stereocenters. The summed E-state index contributed by atoms with van der Waals surface area (Å²) in [5.41, 5.74) is 0.433. The summed E-state index contributed by atoms with van der Waals surface area (Å²) in [6, 6.07) is 13.2. The van der Waals surface area contributed by atoms with Gasteiger partial charge in [-0.1, -0.05) is 24.3 Å². The van der Waals surface area contributed by atoms with E-state index < -0.39 is 24.5 Å². The third-order valence-electron chi connectivity index (χ3n) is 3.97. The topological polar surface area (TPSA) is 89.5 Å². The first kappa shape index (κ1) is 19.7. The molecule has 2 aromatic carbocycles. The lowest BCUT2D eigenvalue weighted by Crippen LogP contribution is -2.44. The SMILES string of the molecule is COc1ccccc1C(=O)OC1OCCOC1OC(=O)c1ccccc1OC. The molecule has 3 rings (SSSR count). The largest absolute Gasteiger partial charge is 0.496 e. The molecule has 0 amide bonds. The zero-order valence-electron chi connectivity index (χ0n) is 15.5. The van der Waals surface area contributed by atoms with Crippen molar-refractivity contribution in [3.63, 3.8) is 0 Å². The number of benzene rings is 2. The molecule has 148 valence electrons. The maximum Gasteiger partial charge on any atom is 0.344 e. The predicted octanol–water partition coefficient (Wildman–Crippen LogP) is 2.42. The van der Waals surface area contributed by atoms with Crippen LogP contribution in [0.3, 0.4) is 0 Å². The van der Waals surface area contributed by atoms with Crippen LogP contribution in [-0.2, 0) is 18.9 Å². The summed E-state index contributed by atoms with van der Waals surface area (Å²) in [4.78, 5) is 25.0. The number of hydrogen-bond donors (Lipinski definition) is 0. The van der Waals surface area contributed by atoms with Crippen LogP contribution in [-0.4, -0.2) is 52.0 Å². The Balaban J connectivity index is 1.72. The van der Waals surface area contributed by atoms with Gasteiger partial charge in [0.2, 0.25) is 0 Å². The third-order valence-corrected chi connectivity index (χ3v) is 3.97. The molecule has 1 aliphatic rings. The Morgan fingerprint density at radius 1 is 0.750 bits per heavy atom. The van der Waals surface area contributed by atoms with E-state index in [0.29, 0.717) is 11.5 Å². The molecule has 2 unspecified atom stereocenters. The lowest BCUT2D eigenvalue weighted by molar-refractivity contribution is -0.288. The lowest BCUT2D eigenvalue weighted by atomic mass is 10.2. The molecule has 1 fully saturated rings. The maximum absolute atomic E-state index is 12.5. The summed E-state index contributed by atoms with van der Waals surface area (Å²) in [5.74, 6) is -0.670. The minimum Gasteiger partial charge on any atom is -0.496 e. The van der Waals surface area contributed by atoms with E-state index in [0.717, 1.165) is 0 Å². The number of methoxy groups -OCH3 is 2. The Bertz CT molecular complexity index is 765. The molecule has 1 saturated heterocycles. The van der Waals surface area contributed by atoms with Gasteiger partial charge in [-0.2, -0.15) is 0 Å². The Hall–Kier alpha value is -3.10. The maximum atomic E-state index is 12.5. The van der Waals surface area contributed by atoms with Crippen LogP contribution in [0.2, 0.25) is 0 Å². The van der Waals surface area contributed by atoms with Crippen molar-refractivity contribution >= 4 is 11.9 Å². The second kappa shape index (κ2) is 9.20. The van der Waals surface area contributed by atoms with E-state index in [4.69, 9.17) is 28.4 Å². The van der Waals surface area contributed by atoms with E-state index in [1.807, 2.05) is 0 Å². The standard InChI is InChI=1S/C20H20O8/c1-23-15-9-5-3-7-13(15)17(21)27-19-20(26-12-11-25-19)28-18(22)14-8-4-6-10-16(14)24-2/h3-10,19-20H,11-12H2,1-2H3. The second-order valence-corrected chi connectivity index (χ2v) is 5.69. The fourth-order valence-corrected chi connectivity index (χ4v) is 2.63. The summed E-state index contributed by atoms with van der Waals surface area (Å²) in [7, 11) is 2.90. The van der Waals surface area contributed by atoms with Crippen molar-refractivity contribution in [3.8, 4) is 11.5 Å². The molecular weight excluding hydrogens is 368 g/mol. The molecule has 0 radical (unpaired) electrons. The van der Waals surface area contributed by atoms with E-state index in [2.05, 4.69) is 0 Å². The first-order valence-corrected chi connectivity index (χ1v) is 8.55. The molecule has 1 aliphatic heterocycles. The van der Waals surface area contributed by atoms with Crippen LogP contribution in [0.4, 0.5) is 0 Å². The zero-order valence-corrected chi connectivity index (χ0v) is 15.5. The monoisotopic (exact) mass is 388 g/mol. The minimum absolute atomic E-state index is 0.187. The number of rotatable bonds is 6. The van der Waals surface area contributed by atoms with Gasteiger partial charge in [0.05, 0.1) is 27.4 Å². The van der Waals surface area contributed by atoms with Crippen molar-refractivity contribution in [1.29, 1.82) is 0 Å². The van der Waals surface area contributed by atoms with Crippen LogP contribution in [0.25, 0.3) is 0 Å². The highest BCUT2D eigenvalue weighted by Crippen LogP contribution is 2.24. The Kier molecular flexibility index (Phi) is 6.46. The molecule has 0 spiro atoms. The van der Waals surface area contributed by atoms with Gasteiger partial charge >= 0.3 is 11.9 Å². The van der Waals surface area contributed by atoms with Gasteiger partial charge in [-0.15, -0.1) is 0 Å². The highest BCUT2D eigenvalue weighted by Gasteiger charge is 2.35. The van der Waals surface area contributed by atoms with E-state index >= 15 is 0 Å². The van der Waals surface area contributed by atoms with E-state index in [9.17, 15) is 9.59 Å². The minimum atomic E-state index is -1.22. The molecule has 0 N–H and O–H groups in total. The van der Waals surface area contributed by atoms with Crippen molar-refractivity contribution in [2.75, 3.05) is 27.4 Å². The van der Waals surface area contributed by atoms with Crippen molar-refractivity contribution in [2.45, 2.75) is 12.6 Å². The van der Waals surface area contributed by atoms with E-state index in [1.54, 1.807) is 48.5 Å².